The molecular formula is C17H22ClN3O3. The number of nitrogens with one attached hydrogen (secondary N) is 1. The molecule has 1 saturated heterocycles. The molecule has 0 radical (unpaired) electrons. The second-order valence-electron chi connectivity index (χ2n) is 6.60. The first kappa shape index (κ1) is 17.0. The number of halogens is 1. The van der Waals surface area contributed by atoms with E-state index in [1.165, 1.54) is 0 Å². The van der Waals surface area contributed by atoms with Crippen molar-refractivity contribution < 1.29 is 9.21 Å². The molecule has 24 heavy (non-hydrogen) atoms. The largest absolute Gasteiger partial charge is 0.420 e. The minimum absolute atomic E-state index is 0.0121. The lowest BCUT2D eigenvalue weighted by Gasteiger charge is -2.32. The Morgan fingerprint density at radius 1 is 1.46 bits per heavy atom. The molecule has 1 amide bonds. The van der Waals surface area contributed by atoms with Crippen molar-refractivity contribution in [1.29, 1.82) is 0 Å². The Hall–Kier alpha value is -1.79. The van der Waals surface area contributed by atoms with Crippen LogP contribution < -0.4 is 11.1 Å². The van der Waals surface area contributed by atoms with Crippen LogP contribution in [0.2, 0.25) is 5.02 Å². The number of hydrogen-bond acceptors (Lipinski definition) is 4. The van der Waals surface area contributed by atoms with E-state index in [4.69, 9.17) is 16.0 Å². The van der Waals surface area contributed by atoms with Crippen LogP contribution in [0.15, 0.2) is 27.4 Å². The summed E-state index contributed by atoms with van der Waals surface area (Å²) in [5.74, 6) is -0.358. The third-order valence-electron chi connectivity index (χ3n) is 4.24. The van der Waals surface area contributed by atoms with Crippen LogP contribution in [0.25, 0.3) is 11.1 Å². The Morgan fingerprint density at radius 3 is 3.00 bits per heavy atom. The van der Waals surface area contributed by atoms with E-state index in [2.05, 4.69) is 10.2 Å². The van der Waals surface area contributed by atoms with Gasteiger partial charge in [-0.1, -0.05) is 11.6 Å². The van der Waals surface area contributed by atoms with Crippen molar-refractivity contribution in [1.82, 2.24) is 14.8 Å². The zero-order valence-corrected chi connectivity index (χ0v) is 14.7. The number of piperidine rings is 1. The number of rotatable bonds is 4. The van der Waals surface area contributed by atoms with E-state index >= 15 is 0 Å². The van der Waals surface area contributed by atoms with Gasteiger partial charge in [0, 0.05) is 17.6 Å². The molecule has 6 nitrogen and oxygen atoms in total. The quantitative estimate of drug-likeness (QED) is 0.918. The van der Waals surface area contributed by atoms with Gasteiger partial charge < -0.3 is 9.73 Å². The number of likely N-dealkylation sites (tertiary alicyclic amines) is 1. The van der Waals surface area contributed by atoms with Crippen LogP contribution in [0.4, 0.5) is 0 Å². The Morgan fingerprint density at radius 2 is 2.25 bits per heavy atom. The molecule has 130 valence electrons. The van der Waals surface area contributed by atoms with E-state index in [0.29, 0.717) is 29.2 Å². The molecule has 1 fully saturated rings. The molecule has 0 aliphatic carbocycles. The topological polar surface area (TPSA) is 67.5 Å². The minimum atomic E-state index is -0.370. The van der Waals surface area contributed by atoms with Gasteiger partial charge in [-0.05, 0) is 51.4 Å². The lowest BCUT2D eigenvalue weighted by molar-refractivity contribution is -0.123. The fourth-order valence-corrected chi connectivity index (χ4v) is 3.47. The van der Waals surface area contributed by atoms with Gasteiger partial charge in [0.2, 0.25) is 5.91 Å². The Kier molecular flexibility index (Phi) is 4.96. The van der Waals surface area contributed by atoms with Crippen molar-refractivity contribution in [3.05, 3.63) is 33.8 Å². The Balaban J connectivity index is 1.80. The standard InChI is InChI=1S/C17H22ClN3O3/c1-11(2)19-16(22)10-20-7-3-4-13(9-20)21-14-8-12(18)5-6-15(14)24-17(21)23/h5-6,8,11,13H,3-4,7,9-10H2,1-2H3,(H,19,22). The van der Waals surface area contributed by atoms with E-state index in [1.807, 2.05) is 13.8 Å². The van der Waals surface area contributed by atoms with Crippen molar-refractivity contribution in [2.24, 2.45) is 0 Å². The van der Waals surface area contributed by atoms with Gasteiger partial charge in [0.05, 0.1) is 18.1 Å². The normalized spacial score (nSPS) is 19.1. The Bertz CT molecular complexity index is 796. The summed E-state index contributed by atoms with van der Waals surface area (Å²) in [4.78, 5) is 26.3. The summed E-state index contributed by atoms with van der Waals surface area (Å²) in [6.07, 6.45) is 1.81. The maximum Gasteiger partial charge on any atom is 0.420 e. The van der Waals surface area contributed by atoms with Crippen LogP contribution in [-0.2, 0) is 4.79 Å². The van der Waals surface area contributed by atoms with Crippen LogP contribution in [-0.4, -0.2) is 41.1 Å². The molecular weight excluding hydrogens is 330 g/mol. The molecule has 1 unspecified atom stereocenters. The lowest BCUT2D eigenvalue weighted by Crippen LogP contribution is -2.45. The molecule has 3 rings (SSSR count). The zero-order chi connectivity index (χ0) is 17.3. The van der Waals surface area contributed by atoms with Crippen molar-refractivity contribution in [2.75, 3.05) is 19.6 Å². The van der Waals surface area contributed by atoms with E-state index in [9.17, 15) is 9.59 Å². The summed E-state index contributed by atoms with van der Waals surface area (Å²) in [7, 11) is 0. The van der Waals surface area contributed by atoms with Crippen LogP contribution in [0.1, 0.15) is 32.7 Å². The fourth-order valence-electron chi connectivity index (χ4n) is 3.31. The third kappa shape index (κ3) is 3.65. The summed E-state index contributed by atoms with van der Waals surface area (Å²) in [6, 6.07) is 5.29. The molecule has 1 N–H and O–H groups in total. The number of carbonyl (C=O) groups is 1. The smallest absolute Gasteiger partial charge is 0.408 e. The molecule has 1 aromatic heterocycles. The number of hydrogen-bond donors (Lipinski definition) is 1. The first-order chi connectivity index (χ1) is 11.4. The first-order valence-electron chi connectivity index (χ1n) is 8.26. The summed E-state index contributed by atoms with van der Waals surface area (Å²) < 4.78 is 7.00. The van der Waals surface area contributed by atoms with Gasteiger partial charge in [0.1, 0.15) is 0 Å². The van der Waals surface area contributed by atoms with E-state index in [-0.39, 0.29) is 23.7 Å². The summed E-state index contributed by atoms with van der Waals surface area (Å²) in [6.45, 7) is 5.73. The van der Waals surface area contributed by atoms with Crippen LogP contribution >= 0.6 is 11.6 Å². The number of benzene rings is 1. The monoisotopic (exact) mass is 351 g/mol. The van der Waals surface area contributed by atoms with Gasteiger partial charge in [-0.25, -0.2) is 4.79 Å². The zero-order valence-electron chi connectivity index (χ0n) is 13.9. The fraction of sp³-hybridized carbons (Fsp3) is 0.529. The van der Waals surface area contributed by atoms with Crippen molar-refractivity contribution in [3.63, 3.8) is 0 Å². The number of aromatic nitrogens is 1. The van der Waals surface area contributed by atoms with Crippen molar-refractivity contribution >= 4 is 28.6 Å². The molecule has 2 heterocycles. The average Bonchev–Trinajstić information content (AvgIpc) is 2.81. The minimum Gasteiger partial charge on any atom is -0.408 e. The highest BCUT2D eigenvalue weighted by Gasteiger charge is 2.26. The molecule has 0 bridgehead atoms. The summed E-state index contributed by atoms with van der Waals surface area (Å²) in [5, 5.41) is 3.47. The van der Waals surface area contributed by atoms with Gasteiger partial charge in [0.25, 0.3) is 0 Å². The van der Waals surface area contributed by atoms with E-state index in [0.717, 1.165) is 19.4 Å². The van der Waals surface area contributed by atoms with E-state index < -0.39 is 0 Å². The summed E-state index contributed by atoms with van der Waals surface area (Å²) >= 11 is 6.06. The third-order valence-corrected chi connectivity index (χ3v) is 4.47. The van der Waals surface area contributed by atoms with Crippen molar-refractivity contribution in [3.8, 4) is 0 Å². The average molecular weight is 352 g/mol. The molecule has 7 heteroatoms. The van der Waals surface area contributed by atoms with Gasteiger partial charge >= 0.3 is 5.76 Å². The maximum absolute atomic E-state index is 12.3. The highest BCUT2D eigenvalue weighted by molar-refractivity contribution is 6.31. The molecule has 1 atom stereocenters. The maximum atomic E-state index is 12.3. The summed E-state index contributed by atoms with van der Waals surface area (Å²) in [5.41, 5.74) is 1.25. The first-order valence-corrected chi connectivity index (χ1v) is 8.64. The number of carbonyl (C=O) groups excluding carboxylic acids is 1. The van der Waals surface area contributed by atoms with Gasteiger partial charge in [-0.2, -0.15) is 0 Å². The molecule has 2 aromatic rings. The second kappa shape index (κ2) is 6.99. The van der Waals surface area contributed by atoms with Gasteiger partial charge in [-0.15, -0.1) is 0 Å². The van der Waals surface area contributed by atoms with E-state index in [1.54, 1.807) is 22.8 Å². The lowest BCUT2D eigenvalue weighted by atomic mass is 10.1. The number of nitrogens with zero attached hydrogens (tertiary/aromatic N) is 2. The van der Waals surface area contributed by atoms with Crippen molar-refractivity contribution in [2.45, 2.75) is 38.8 Å². The number of oxazole rings is 1. The Labute approximate surface area is 145 Å². The highest BCUT2D eigenvalue weighted by Crippen LogP contribution is 2.26. The highest BCUT2D eigenvalue weighted by atomic mass is 35.5. The predicted octanol–water partition coefficient (Wildman–Crippen LogP) is 2.41. The van der Waals surface area contributed by atoms with Gasteiger partial charge in [-0.3, -0.25) is 14.3 Å². The van der Waals surface area contributed by atoms with Crippen LogP contribution in [0.3, 0.4) is 0 Å². The predicted molar refractivity (Wildman–Crippen MR) is 93.5 cm³/mol. The second-order valence-corrected chi connectivity index (χ2v) is 7.04. The SMILES string of the molecule is CC(C)NC(=O)CN1CCCC(n2c(=O)oc3ccc(Cl)cc32)C1. The van der Waals surface area contributed by atoms with Crippen LogP contribution in [0.5, 0.6) is 0 Å². The molecule has 1 aliphatic rings. The van der Waals surface area contributed by atoms with Gasteiger partial charge in [0.15, 0.2) is 5.58 Å². The molecule has 1 aliphatic heterocycles. The number of amides is 1. The number of fused-ring (bicyclic) bond motifs is 1. The molecule has 0 spiro atoms. The van der Waals surface area contributed by atoms with Crippen LogP contribution in [0, 0.1) is 0 Å². The molecule has 1 aromatic carbocycles. The molecule has 0 saturated carbocycles.